The smallest absolute Gasteiger partial charge is 0.125 e. The summed E-state index contributed by atoms with van der Waals surface area (Å²) in [7, 11) is 0. The Morgan fingerprint density at radius 2 is 2.17 bits per heavy atom. The molecule has 1 aromatic rings. The van der Waals surface area contributed by atoms with Crippen LogP contribution in [0, 0.1) is 17.7 Å². The van der Waals surface area contributed by atoms with Crippen LogP contribution < -0.4 is 5.32 Å². The van der Waals surface area contributed by atoms with Crippen LogP contribution >= 0.6 is 11.6 Å². The molecular weight excluding hydrogens is 249 g/mol. The van der Waals surface area contributed by atoms with Crippen LogP contribution in [-0.4, -0.2) is 6.54 Å². The molecule has 2 atom stereocenters. The number of hydrogen-bond acceptors (Lipinski definition) is 1. The Kier molecular flexibility index (Phi) is 5.02. The molecule has 100 valence electrons. The van der Waals surface area contributed by atoms with E-state index < -0.39 is 0 Å². The molecule has 2 unspecified atom stereocenters. The lowest BCUT2D eigenvalue weighted by molar-refractivity contribution is 0.274. The third kappa shape index (κ3) is 4.25. The molecule has 2 rings (SSSR count). The number of benzene rings is 1. The first-order chi connectivity index (χ1) is 8.63. The van der Waals surface area contributed by atoms with Crippen molar-refractivity contribution in [3.05, 3.63) is 34.6 Å². The predicted octanol–water partition coefficient (Wildman–Crippen LogP) is 4.40. The largest absolute Gasteiger partial charge is 0.312 e. The normalized spacial score (nSPS) is 24.2. The van der Waals surface area contributed by atoms with Gasteiger partial charge in [0.2, 0.25) is 0 Å². The second-order valence-corrected chi connectivity index (χ2v) is 5.98. The van der Waals surface area contributed by atoms with E-state index in [0.29, 0.717) is 11.6 Å². The fourth-order valence-electron chi connectivity index (χ4n) is 2.88. The second kappa shape index (κ2) is 6.53. The van der Waals surface area contributed by atoms with Crippen molar-refractivity contribution in [2.75, 3.05) is 6.54 Å². The van der Waals surface area contributed by atoms with Crippen LogP contribution in [0.25, 0.3) is 0 Å². The van der Waals surface area contributed by atoms with Crippen LogP contribution in [0.5, 0.6) is 0 Å². The van der Waals surface area contributed by atoms with Gasteiger partial charge in [0, 0.05) is 11.6 Å². The van der Waals surface area contributed by atoms with E-state index in [1.54, 1.807) is 6.07 Å². The third-order valence-corrected chi connectivity index (χ3v) is 3.95. The van der Waals surface area contributed by atoms with Crippen molar-refractivity contribution in [2.24, 2.45) is 11.8 Å². The fraction of sp³-hybridized carbons (Fsp3) is 0.600. The van der Waals surface area contributed by atoms with E-state index in [4.69, 9.17) is 11.6 Å². The van der Waals surface area contributed by atoms with Gasteiger partial charge in [0.1, 0.15) is 5.82 Å². The molecule has 0 radical (unpaired) electrons. The van der Waals surface area contributed by atoms with E-state index in [0.717, 1.165) is 23.9 Å². The zero-order chi connectivity index (χ0) is 13.0. The molecule has 1 saturated carbocycles. The SMILES string of the molecule is CC1CCCC(CNCc2cc(F)cc(Cl)c2)C1. The van der Waals surface area contributed by atoms with Crippen LogP contribution in [0.1, 0.15) is 38.2 Å². The summed E-state index contributed by atoms with van der Waals surface area (Å²) in [5.41, 5.74) is 0.920. The van der Waals surface area contributed by atoms with Gasteiger partial charge in [-0.15, -0.1) is 0 Å². The van der Waals surface area contributed by atoms with E-state index in [2.05, 4.69) is 12.2 Å². The number of hydrogen-bond donors (Lipinski definition) is 1. The molecule has 0 spiro atoms. The standard InChI is InChI=1S/C15H21ClFN/c1-11-3-2-4-12(5-11)9-18-10-13-6-14(16)8-15(17)7-13/h6-8,11-12,18H,2-5,9-10H2,1H3. The van der Waals surface area contributed by atoms with Gasteiger partial charge in [-0.25, -0.2) is 4.39 Å². The van der Waals surface area contributed by atoms with Crippen molar-refractivity contribution in [1.29, 1.82) is 0 Å². The van der Waals surface area contributed by atoms with Gasteiger partial charge in [-0.05, 0) is 55.0 Å². The fourth-order valence-corrected chi connectivity index (χ4v) is 3.12. The Morgan fingerprint density at radius 1 is 1.33 bits per heavy atom. The number of rotatable bonds is 4. The van der Waals surface area contributed by atoms with Crippen molar-refractivity contribution < 1.29 is 4.39 Å². The Labute approximate surface area is 114 Å². The molecule has 1 aliphatic carbocycles. The van der Waals surface area contributed by atoms with Gasteiger partial charge in [0.25, 0.3) is 0 Å². The monoisotopic (exact) mass is 269 g/mol. The first kappa shape index (κ1) is 13.8. The van der Waals surface area contributed by atoms with Gasteiger partial charge < -0.3 is 5.32 Å². The summed E-state index contributed by atoms with van der Waals surface area (Å²) in [6.45, 7) is 4.05. The van der Waals surface area contributed by atoms with E-state index in [-0.39, 0.29) is 5.82 Å². The summed E-state index contributed by atoms with van der Waals surface area (Å²) in [5.74, 6) is 1.37. The van der Waals surface area contributed by atoms with Gasteiger partial charge in [0.05, 0.1) is 0 Å². The Balaban J connectivity index is 1.77. The molecule has 0 heterocycles. The third-order valence-electron chi connectivity index (χ3n) is 3.73. The minimum atomic E-state index is -0.259. The number of nitrogens with one attached hydrogen (secondary N) is 1. The first-order valence-electron chi connectivity index (χ1n) is 6.79. The average molecular weight is 270 g/mol. The van der Waals surface area contributed by atoms with Gasteiger partial charge in [-0.2, -0.15) is 0 Å². The summed E-state index contributed by atoms with van der Waals surface area (Å²) < 4.78 is 13.1. The minimum absolute atomic E-state index is 0.259. The topological polar surface area (TPSA) is 12.0 Å². The molecule has 3 heteroatoms. The number of halogens is 2. The van der Waals surface area contributed by atoms with E-state index in [1.165, 1.54) is 31.7 Å². The molecule has 0 aromatic heterocycles. The van der Waals surface area contributed by atoms with Crippen LogP contribution in [0.4, 0.5) is 4.39 Å². The van der Waals surface area contributed by atoms with Gasteiger partial charge >= 0.3 is 0 Å². The van der Waals surface area contributed by atoms with Crippen LogP contribution in [0.2, 0.25) is 5.02 Å². The van der Waals surface area contributed by atoms with Gasteiger partial charge in [-0.3, -0.25) is 0 Å². The molecule has 0 bridgehead atoms. The molecule has 1 aromatic carbocycles. The zero-order valence-electron chi connectivity index (χ0n) is 10.9. The highest BCUT2D eigenvalue weighted by atomic mass is 35.5. The molecule has 18 heavy (non-hydrogen) atoms. The molecular formula is C15H21ClFN. The zero-order valence-corrected chi connectivity index (χ0v) is 11.6. The highest BCUT2D eigenvalue weighted by Crippen LogP contribution is 2.28. The molecule has 1 N–H and O–H groups in total. The summed E-state index contributed by atoms with van der Waals surface area (Å²) in [6.07, 6.45) is 5.35. The predicted molar refractivity (Wildman–Crippen MR) is 74.2 cm³/mol. The van der Waals surface area contributed by atoms with Gasteiger partial charge in [-0.1, -0.05) is 31.4 Å². The summed E-state index contributed by atoms with van der Waals surface area (Å²) >= 11 is 5.83. The lowest BCUT2D eigenvalue weighted by Gasteiger charge is -2.26. The van der Waals surface area contributed by atoms with Crippen molar-refractivity contribution in [1.82, 2.24) is 5.32 Å². The lowest BCUT2D eigenvalue weighted by Crippen LogP contribution is -2.26. The van der Waals surface area contributed by atoms with Crippen LogP contribution in [-0.2, 0) is 6.54 Å². The van der Waals surface area contributed by atoms with Crippen LogP contribution in [0.15, 0.2) is 18.2 Å². The first-order valence-corrected chi connectivity index (χ1v) is 7.17. The van der Waals surface area contributed by atoms with E-state index in [9.17, 15) is 4.39 Å². The maximum atomic E-state index is 13.1. The van der Waals surface area contributed by atoms with Crippen molar-refractivity contribution in [2.45, 2.75) is 39.2 Å². The highest BCUT2D eigenvalue weighted by molar-refractivity contribution is 6.30. The van der Waals surface area contributed by atoms with Crippen molar-refractivity contribution in [3.8, 4) is 0 Å². The maximum absolute atomic E-state index is 13.1. The minimum Gasteiger partial charge on any atom is -0.312 e. The summed E-state index contributed by atoms with van der Waals surface area (Å²) in [4.78, 5) is 0. The lowest BCUT2D eigenvalue weighted by atomic mass is 9.82. The van der Waals surface area contributed by atoms with Crippen LogP contribution in [0.3, 0.4) is 0 Å². The molecule has 1 nitrogen and oxygen atoms in total. The average Bonchev–Trinajstić information content (AvgIpc) is 2.27. The Hall–Kier alpha value is -0.600. The Morgan fingerprint density at radius 3 is 2.89 bits per heavy atom. The van der Waals surface area contributed by atoms with E-state index in [1.807, 2.05) is 6.07 Å². The molecule has 1 fully saturated rings. The maximum Gasteiger partial charge on any atom is 0.125 e. The molecule has 0 saturated heterocycles. The van der Waals surface area contributed by atoms with Crippen molar-refractivity contribution in [3.63, 3.8) is 0 Å². The quantitative estimate of drug-likeness (QED) is 0.855. The second-order valence-electron chi connectivity index (χ2n) is 5.55. The van der Waals surface area contributed by atoms with E-state index >= 15 is 0 Å². The Bertz CT molecular complexity index is 374. The summed E-state index contributed by atoms with van der Waals surface area (Å²) in [5, 5.41) is 3.89. The molecule has 0 aliphatic heterocycles. The summed E-state index contributed by atoms with van der Waals surface area (Å²) in [6, 6.07) is 4.71. The van der Waals surface area contributed by atoms with Crippen molar-refractivity contribution >= 4 is 11.6 Å². The van der Waals surface area contributed by atoms with Gasteiger partial charge in [0.15, 0.2) is 0 Å². The molecule has 1 aliphatic rings. The highest BCUT2D eigenvalue weighted by Gasteiger charge is 2.18. The molecule has 0 amide bonds.